The maximum atomic E-state index is 12.9. The summed E-state index contributed by atoms with van der Waals surface area (Å²) in [7, 11) is 0. The van der Waals surface area contributed by atoms with Gasteiger partial charge in [0.1, 0.15) is 5.82 Å². The van der Waals surface area contributed by atoms with Crippen LogP contribution in [0, 0.1) is 5.82 Å². The normalized spacial score (nSPS) is 21.2. The predicted octanol–water partition coefficient (Wildman–Crippen LogP) is 1.13. The van der Waals surface area contributed by atoms with Crippen molar-refractivity contribution in [1.29, 1.82) is 0 Å². The highest BCUT2D eigenvalue weighted by atomic mass is 19.1. The third-order valence-corrected chi connectivity index (χ3v) is 2.90. The molecule has 0 aromatic heterocycles. The Morgan fingerprint density at radius 1 is 1.41 bits per heavy atom. The van der Waals surface area contributed by atoms with Gasteiger partial charge in [0.25, 0.3) is 0 Å². The monoisotopic (exact) mass is 237 g/mol. The number of hydrazine groups is 1. The van der Waals surface area contributed by atoms with Crippen LogP contribution in [0.15, 0.2) is 24.3 Å². The van der Waals surface area contributed by atoms with Crippen LogP contribution in [0.4, 0.5) is 10.1 Å². The lowest BCUT2D eigenvalue weighted by Gasteiger charge is -2.30. The molecule has 1 unspecified atom stereocenters. The Morgan fingerprint density at radius 3 is 2.65 bits per heavy atom. The highest BCUT2D eigenvalue weighted by Gasteiger charge is 2.35. The topological polar surface area (TPSA) is 49.6 Å². The van der Waals surface area contributed by atoms with Gasteiger partial charge in [0.15, 0.2) is 0 Å². The van der Waals surface area contributed by atoms with Crippen molar-refractivity contribution < 1.29 is 9.18 Å². The molecular weight excluding hydrogens is 221 g/mol. The maximum absolute atomic E-state index is 12.9. The number of nitrogens with zero attached hydrogens (tertiary/aromatic N) is 2. The van der Waals surface area contributed by atoms with E-state index in [1.54, 1.807) is 17.1 Å². The molecule has 1 aliphatic rings. The fourth-order valence-electron chi connectivity index (χ4n) is 2.11. The molecule has 2 N–H and O–H groups in total. The van der Waals surface area contributed by atoms with Crippen LogP contribution in [0.5, 0.6) is 0 Å². The summed E-state index contributed by atoms with van der Waals surface area (Å²) >= 11 is 0. The molecule has 1 aromatic carbocycles. The molecule has 1 saturated heterocycles. The van der Waals surface area contributed by atoms with Crippen LogP contribution in [0.3, 0.4) is 0 Å². The number of hydrogen-bond acceptors (Lipinski definition) is 3. The lowest BCUT2D eigenvalue weighted by Crippen LogP contribution is -2.44. The van der Waals surface area contributed by atoms with Gasteiger partial charge in [0.05, 0.1) is 5.69 Å². The molecule has 0 radical (unpaired) electrons. The average Bonchev–Trinajstić information content (AvgIpc) is 2.56. The van der Waals surface area contributed by atoms with E-state index in [9.17, 15) is 9.18 Å². The molecule has 0 saturated carbocycles. The number of anilines is 1. The van der Waals surface area contributed by atoms with Crippen molar-refractivity contribution in [2.75, 3.05) is 18.1 Å². The third-order valence-electron chi connectivity index (χ3n) is 2.90. The van der Waals surface area contributed by atoms with Gasteiger partial charge < -0.3 is 5.73 Å². The molecule has 1 atom stereocenters. The summed E-state index contributed by atoms with van der Waals surface area (Å²) in [4.78, 5) is 11.9. The van der Waals surface area contributed by atoms with Crippen molar-refractivity contribution in [2.45, 2.75) is 19.4 Å². The third kappa shape index (κ3) is 2.30. The molecule has 1 aliphatic heterocycles. The smallest absolute Gasteiger partial charge is 0.243 e. The van der Waals surface area contributed by atoms with Gasteiger partial charge in [0.2, 0.25) is 5.91 Å². The first-order valence-corrected chi connectivity index (χ1v) is 5.68. The van der Waals surface area contributed by atoms with E-state index in [-0.39, 0.29) is 17.8 Å². The Bertz CT molecular complexity index is 407. The van der Waals surface area contributed by atoms with Gasteiger partial charge in [-0.25, -0.2) is 14.4 Å². The van der Waals surface area contributed by atoms with Crippen LogP contribution >= 0.6 is 0 Å². The van der Waals surface area contributed by atoms with E-state index < -0.39 is 0 Å². The van der Waals surface area contributed by atoms with E-state index >= 15 is 0 Å². The lowest BCUT2D eigenvalue weighted by molar-refractivity contribution is -0.118. The standard InChI is InChI=1S/C12H16FN3O/c1-9-8-12(17)16(15(9)7-6-14)11-4-2-10(13)3-5-11/h2-5,9H,6-8,14H2,1H3. The van der Waals surface area contributed by atoms with Crippen LogP contribution in [0.1, 0.15) is 13.3 Å². The average molecular weight is 237 g/mol. The molecule has 17 heavy (non-hydrogen) atoms. The molecule has 92 valence electrons. The zero-order valence-electron chi connectivity index (χ0n) is 9.77. The number of rotatable bonds is 3. The number of amides is 1. The van der Waals surface area contributed by atoms with Gasteiger partial charge >= 0.3 is 0 Å². The number of hydrogen-bond donors (Lipinski definition) is 1. The fourth-order valence-corrected chi connectivity index (χ4v) is 2.11. The molecule has 0 spiro atoms. The Balaban J connectivity index is 2.28. The Hall–Kier alpha value is -1.46. The van der Waals surface area contributed by atoms with E-state index in [1.165, 1.54) is 12.1 Å². The van der Waals surface area contributed by atoms with Gasteiger partial charge in [-0.1, -0.05) is 0 Å². The summed E-state index contributed by atoms with van der Waals surface area (Å²) in [5, 5.41) is 3.52. The summed E-state index contributed by atoms with van der Waals surface area (Å²) in [6, 6.07) is 6.05. The zero-order chi connectivity index (χ0) is 12.4. The Morgan fingerprint density at radius 2 is 2.06 bits per heavy atom. The van der Waals surface area contributed by atoms with Crippen LogP contribution in [-0.2, 0) is 4.79 Å². The van der Waals surface area contributed by atoms with Gasteiger partial charge in [0, 0.05) is 25.6 Å². The highest BCUT2D eigenvalue weighted by Crippen LogP contribution is 2.26. The SMILES string of the molecule is CC1CC(=O)N(c2ccc(F)cc2)N1CCN. The molecule has 2 rings (SSSR count). The van der Waals surface area contributed by atoms with E-state index in [0.29, 0.717) is 25.2 Å². The van der Waals surface area contributed by atoms with Gasteiger partial charge in [-0.05, 0) is 31.2 Å². The van der Waals surface area contributed by atoms with Gasteiger partial charge in [-0.2, -0.15) is 0 Å². The first-order chi connectivity index (χ1) is 8.13. The van der Waals surface area contributed by atoms with E-state index in [2.05, 4.69) is 0 Å². The maximum Gasteiger partial charge on any atom is 0.243 e. The quantitative estimate of drug-likeness (QED) is 0.857. The fraction of sp³-hybridized carbons (Fsp3) is 0.417. The molecule has 0 aliphatic carbocycles. The van der Waals surface area contributed by atoms with E-state index in [0.717, 1.165) is 0 Å². The van der Waals surface area contributed by atoms with Crippen LogP contribution in [0.25, 0.3) is 0 Å². The van der Waals surface area contributed by atoms with Crippen molar-refractivity contribution in [3.63, 3.8) is 0 Å². The second-order valence-corrected chi connectivity index (χ2v) is 4.19. The molecule has 1 heterocycles. The molecule has 1 aromatic rings. The Kier molecular flexibility index (Phi) is 3.40. The number of carbonyl (C=O) groups excluding carboxylic acids is 1. The summed E-state index contributed by atoms with van der Waals surface area (Å²) in [6.45, 7) is 3.08. The number of benzene rings is 1. The largest absolute Gasteiger partial charge is 0.329 e. The summed E-state index contributed by atoms with van der Waals surface area (Å²) < 4.78 is 12.9. The number of halogens is 1. The molecule has 0 bridgehead atoms. The molecule has 4 nitrogen and oxygen atoms in total. The van der Waals surface area contributed by atoms with Gasteiger partial charge in [-0.15, -0.1) is 0 Å². The minimum Gasteiger partial charge on any atom is -0.329 e. The van der Waals surface area contributed by atoms with Crippen molar-refractivity contribution in [3.05, 3.63) is 30.1 Å². The number of carbonyl (C=O) groups is 1. The minimum absolute atomic E-state index is 0.0255. The lowest BCUT2D eigenvalue weighted by atomic mass is 10.2. The number of nitrogens with two attached hydrogens (primary N) is 1. The molecule has 1 amide bonds. The highest BCUT2D eigenvalue weighted by molar-refractivity contribution is 5.94. The summed E-state index contributed by atoms with van der Waals surface area (Å²) in [5.41, 5.74) is 6.23. The van der Waals surface area contributed by atoms with Crippen LogP contribution in [-0.4, -0.2) is 30.0 Å². The predicted molar refractivity (Wildman–Crippen MR) is 63.7 cm³/mol. The Labute approximate surface area is 99.8 Å². The van der Waals surface area contributed by atoms with Crippen molar-refractivity contribution in [2.24, 2.45) is 5.73 Å². The van der Waals surface area contributed by atoms with E-state index in [1.807, 2.05) is 11.9 Å². The molecular formula is C12H16FN3O. The van der Waals surface area contributed by atoms with E-state index in [4.69, 9.17) is 5.73 Å². The second kappa shape index (κ2) is 4.81. The van der Waals surface area contributed by atoms with Crippen molar-refractivity contribution >= 4 is 11.6 Å². The summed E-state index contributed by atoms with van der Waals surface area (Å²) in [6.07, 6.45) is 0.470. The molecule has 5 heteroatoms. The molecule has 1 fully saturated rings. The van der Waals surface area contributed by atoms with Crippen molar-refractivity contribution in [1.82, 2.24) is 5.01 Å². The zero-order valence-corrected chi connectivity index (χ0v) is 9.77. The minimum atomic E-state index is -0.307. The van der Waals surface area contributed by atoms with Crippen LogP contribution in [0.2, 0.25) is 0 Å². The first kappa shape index (κ1) is 12.0. The second-order valence-electron chi connectivity index (χ2n) is 4.19. The summed E-state index contributed by atoms with van der Waals surface area (Å²) in [5.74, 6) is -0.281. The van der Waals surface area contributed by atoms with Crippen LogP contribution < -0.4 is 10.7 Å². The first-order valence-electron chi connectivity index (χ1n) is 5.68. The van der Waals surface area contributed by atoms with Crippen molar-refractivity contribution in [3.8, 4) is 0 Å². The van der Waals surface area contributed by atoms with Gasteiger partial charge in [-0.3, -0.25) is 4.79 Å².